The zero-order chi connectivity index (χ0) is 14.5. The summed E-state index contributed by atoms with van der Waals surface area (Å²) < 4.78 is 5.36. The van der Waals surface area contributed by atoms with E-state index in [0.717, 1.165) is 24.5 Å². The van der Waals surface area contributed by atoms with E-state index >= 15 is 0 Å². The Morgan fingerprint density at radius 1 is 1.30 bits per heavy atom. The van der Waals surface area contributed by atoms with Gasteiger partial charge in [0, 0.05) is 13.1 Å². The van der Waals surface area contributed by atoms with E-state index in [1.807, 2.05) is 38.1 Å². The minimum absolute atomic E-state index is 0.116. The molecule has 1 aliphatic heterocycles. The highest BCUT2D eigenvalue weighted by molar-refractivity contribution is 5.97. The number of ether oxygens (including phenoxy) is 1. The first-order valence-corrected chi connectivity index (χ1v) is 7.07. The van der Waals surface area contributed by atoms with E-state index in [1.54, 1.807) is 0 Å². The monoisotopic (exact) mass is 277 g/mol. The second-order valence-electron chi connectivity index (χ2n) is 5.38. The molecule has 110 valence electrons. The Kier molecular flexibility index (Phi) is 4.98. The van der Waals surface area contributed by atoms with Crippen LogP contribution < -0.4 is 16.0 Å². The number of carbonyl (C=O) groups is 1. The van der Waals surface area contributed by atoms with Crippen LogP contribution in [0.4, 0.5) is 11.4 Å². The van der Waals surface area contributed by atoms with Crippen molar-refractivity contribution in [2.75, 3.05) is 36.5 Å². The van der Waals surface area contributed by atoms with Crippen molar-refractivity contribution in [2.45, 2.75) is 19.9 Å². The standard InChI is InChI=1S/C15H23N3O2/c1-11(2)14(16)15(19)17-12-5-3-4-6-13(12)18-7-9-20-10-8-18/h3-6,11,14H,7-10,16H2,1-2H3,(H,17,19)/t14-/m0/s1. The molecule has 0 saturated carbocycles. The van der Waals surface area contributed by atoms with Gasteiger partial charge in [-0.2, -0.15) is 0 Å². The Hall–Kier alpha value is -1.59. The summed E-state index contributed by atoms with van der Waals surface area (Å²) >= 11 is 0. The average Bonchev–Trinajstić information content (AvgIpc) is 2.47. The van der Waals surface area contributed by atoms with Gasteiger partial charge in [-0.15, -0.1) is 0 Å². The van der Waals surface area contributed by atoms with Crippen LogP contribution in [0.15, 0.2) is 24.3 Å². The maximum atomic E-state index is 12.1. The molecule has 1 aromatic rings. The highest BCUT2D eigenvalue weighted by Crippen LogP contribution is 2.26. The van der Waals surface area contributed by atoms with Crippen LogP contribution in [-0.4, -0.2) is 38.3 Å². The Morgan fingerprint density at radius 2 is 1.95 bits per heavy atom. The largest absolute Gasteiger partial charge is 0.378 e. The van der Waals surface area contributed by atoms with Gasteiger partial charge in [0.25, 0.3) is 0 Å². The predicted octanol–water partition coefficient (Wildman–Crippen LogP) is 1.44. The molecular formula is C15H23N3O2. The quantitative estimate of drug-likeness (QED) is 0.874. The van der Waals surface area contributed by atoms with Crippen molar-refractivity contribution >= 4 is 17.3 Å². The van der Waals surface area contributed by atoms with E-state index in [2.05, 4.69) is 10.2 Å². The molecule has 0 radical (unpaired) electrons. The molecule has 0 spiro atoms. The Morgan fingerprint density at radius 3 is 2.60 bits per heavy atom. The lowest BCUT2D eigenvalue weighted by Gasteiger charge is -2.30. The molecular weight excluding hydrogens is 254 g/mol. The minimum Gasteiger partial charge on any atom is -0.378 e. The summed E-state index contributed by atoms with van der Waals surface area (Å²) in [5, 5.41) is 2.94. The zero-order valence-corrected chi connectivity index (χ0v) is 12.1. The summed E-state index contributed by atoms with van der Waals surface area (Å²) in [4.78, 5) is 14.3. The Labute approximate surface area is 120 Å². The SMILES string of the molecule is CC(C)[C@H](N)C(=O)Nc1ccccc1N1CCOCC1. The summed E-state index contributed by atoms with van der Waals surface area (Å²) in [6, 6.07) is 7.33. The topological polar surface area (TPSA) is 67.6 Å². The van der Waals surface area contributed by atoms with Crippen molar-refractivity contribution < 1.29 is 9.53 Å². The molecule has 5 heteroatoms. The first kappa shape index (κ1) is 14.8. The third kappa shape index (κ3) is 3.49. The molecule has 0 aliphatic carbocycles. The van der Waals surface area contributed by atoms with Crippen LogP contribution in [0.3, 0.4) is 0 Å². The lowest BCUT2D eigenvalue weighted by molar-refractivity contribution is -0.118. The molecule has 1 heterocycles. The third-order valence-electron chi connectivity index (χ3n) is 3.53. The first-order valence-electron chi connectivity index (χ1n) is 7.07. The van der Waals surface area contributed by atoms with Crippen molar-refractivity contribution in [3.05, 3.63) is 24.3 Å². The van der Waals surface area contributed by atoms with E-state index in [1.165, 1.54) is 0 Å². The fourth-order valence-corrected chi connectivity index (χ4v) is 2.18. The van der Waals surface area contributed by atoms with Gasteiger partial charge in [0.15, 0.2) is 0 Å². The van der Waals surface area contributed by atoms with Gasteiger partial charge in [0.1, 0.15) is 0 Å². The van der Waals surface area contributed by atoms with Crippen LogP contribution in [0.5, 0.6) is 0 Å². The van der Waals surface area contributed by atoms with E-state index in [0.29, 0.717) is 13.2 Å². The number of nitrogens with one attached hydrogen (secondary N) is 1. The number of amides is 1. The second-order valence-corrected chi connectivity index (χ2v) is 5.38. The van der Waals surface area contributed by atoms with Crippen LogP contribution >= 0.6 is 0 Å². The van der Waals surface area contributed by atoms with E-state index in [4.69, 9.17) is 10.5 Å². The number of hydrogen-bond donors (Lipinski definition) is 2. The number of para-hydroxylation sites is 2. The van der Waals surface area contributed by atoms with E-state index < -0.39 is 6.04 Å². The summed E-state index contributed by atoms with van der Waals surface area (Å²) in [6.45, 7) is 6.99. The maximum Gasteiger partial charge on any atom is 0.241 e. The molecule has 0 aromatic heterocycles. The highest BCUT2D eigenvalue weighted by atomic mass is 16.5. The van der Waals surface area contributed by atoms with Crippen molar-refractivity contribution in [3.63, 3.8) is 0 Å². The summed E-state index contributed by atoms with van der Waals surface area (Å²) in [6.07, 6.45) is 0. The van der Waals surface area contributed by atoms with Crippen LogP contribution in [0.25, 0.3) is 0 Å². The van der Waals surface area contributed by atoms with Gasteiger partial charge in [0.2, 0.25) is 5.91 Å². The lowest BCUT2D eigenvalue weighted by Crippen LogP contribution is -2.41. The molecule has 0 bridgehead atoms. The van der Waals surface area contributed by atoms with Gasteiger partial charge < -0.3 is 20.7 Å². The number of nitrogens with zero attached hydrogens (tertiary/aromatic N) is 1. The predicted molar refractivity (Wildman–Crippen MR) is 80.9 cm³/mol. The summed E-state index contributed by atoms with van der Waals surface area (Å²) in [7, 11) is 0. The summed E-state index contributed by atoms with van der Waals surface area (Å²) in [5.41, 5.74) is 7.73. The van der Waals surface area contributed by atoms with Crippen molar-refractivity contribution in [1.82, 2.24) is 0 Å². The first-order chi connectivity index (χ1) is 9.59. The lowest BCUT2D eigenvalue weighted by atomic mass is 10.0. The third-order valence-corrected chi connectivity index (χ3v) is 3.53. The Bertz CT molecular complexity index is 456. The second kappa shape index (κ2) is 6.72. The van der Waals surface area contributed by atoms with E-state index in [-0.39, 0.29) is 11.8 Å². The maximum absolute atomic E-state index is 12.1. The molecule has 1 fully saturated rings. The van der Waals surface area contributed by atoms with Crippen molar-refractivity contribution in [3.8, 4) is 0 Å². The number of rotatable bonds is 4. The smallest absolute Gasteiger partial charge is 0.241 e. The average molecular weight is 277 g/mol. The number of hydrogen-bond acceptors (Lipinski definition) is 4. The van der Waals surface area contributed by atoms with Crippen LogP contribution in [0.1, 0.15) is 13.8 Å². The van der Waals surface area contributed by atoms with Crippen LogP contribution in [-0.2, 0) is 9.53 Å². The molecule has 5 nitrogen and oxygen atoms in total. The molecule has 1 saturated heterocycles. The van der Waals surface area contributed by atoms with Gasteiger partial charge in [0.05, 0.1) is 30.6 Å². The molecule has 1 atom stereocenters. The Balaban J connectivity index is 2.13. The fourth-order valence-electron chi connectivity index (χ4n) is 2.18. The number of morpholine rings is 1. The normalized spacial score (nSPS) is 17.1. The summed E-state index contributed by atoms with van der Waals surface area (Å²) in [5.74, 6) is -0.0220. The van der Waals surface area contributed by atoms with Crippen LogP contribution in [0.2, 0.25) is 0 Å². The fraction of sp³-hybridized carbons (Fsp3) is 0.533. The van der Waals surface area contributed by atoms with Crippen molar-refractivity contribution in [1.29, 1.82) is 0 Å². The number of carbonyl (C=O) groups excluding carboxylic acids is 1. The van der Waals surface area contributed by atoms with Gasteiger partial charge in [-0.3, -0.25) is 4.79 Å². The molecule has 1 aliphatic rings. The minimum atomic E-state index is -0.493. The van der Waals surface area contributed by atoms with Gasteiger partial charge >= 0.3 is 0 Å². The van der Waals surface area contributed by atoms with E-state index in [9.17, 15) is 4.79 Å². The highest BCUT2D eigenvalue weighted by Gasteiger charge is 2.20. The number of anilines is 2. The van der Waals surface area contributed by atoms with Crippen molar-refractivity contribution in [2.24, 2.45) is 11.7 Å². The molecule has 2 rings (SSSR count). The number of nitrogens with two attached hydrogens (primary N) is 1. The van der Waals surface area contributed by atoms with Gasteiger partial charge in [-0.25, -0.2) is 0 Å². The zero-order valence-electron chi connectivity index (χ0n) is 12.1. The molecule has 20 heavy (non-hydrogen) atoms. The van der Waals surface area contributed by atoms with Gasteiger partial charge in [-0.1, -0.05) is 26.0 Å². The number of benzene rings is 1. The molecule has 1 aromatic carbocycles. The molecule has 3 N–H and O–H groups in total. The molecule has 0 unspecified atom stereocenters. The molecule has 1 amide bonds. The van der Waals surface area contributed by atoms with Crippen LogP contribution in [0, 0.1) is 5.92 Å². The van der Waals surface area contributed by atoms with Gasteiger partial charge in [-0.05, 0) is 18.1 Å².